The van der Waals surface area contributed by atoms with Crippen molar-refractivity contribution in [3.63, 3.8) is 0 Å². The van der Waals surface area contributed by atoms with Gasteiger partial charge in [0, 0.05) is 32.3 Å². The Kier molecular flexibility index (Phi) is 8.21. The first-order chi connectivity index (χ1) is 14.6. The lowest BCUT2D eigenvalue weighted by molar-refractivity contribution is 0.101. The average Bonchev–Trinajstić information content (AvgIpc) is 2.67. The van der Waals surface area contributed by atoms with Crippen LogP contribution < -0.4 is 21.9 Å². The topological polar surface area (TPSA) is 110 Å². The van der Waals surface area contributed by atoms with E-state index in [4.69, 9.17) is 10.5 Å². The number of hydrogen-bond donors (Lipinski definition) is 2. The molecule has 2 rings (SSSR count). The van der Waals surface area contributed by atoms with Crippen LogP contribution in [-0.2, 0) is 17.8 Å². The molecule has 31 heavy (non-hydrogen) atoms. The molecule has 0 saturated carbocycles. The number of H-pyrrole nitrogens is 1. The summed E-state index contributed by atoms with van der Waals surface area (Å²) in [5.41, 5.74) is 10.0. The standard InChI is InChI=1S/C23H34N4O4/c1-7-8-9-27-21(24)20(22(29)25-23(27)30)26(10-11-31-6)13-18-14(2)12-15(3)19(16(18)4)17(5)28/h12H,7-11,13,24H2,1-6H3,(H,25,29,30). The van der Waals surface area contributed by atoms with Gasteiger partial charge >= 0.3 is 5.69 Å². The molecule has 3 N–H and O–H groups in total. The fourth-order valence-electron chi connectivity index (χ4n) is 4.09. The van der Waals surface area contributed by atoms with Crippen LogP contribution >= 0.6 is 0 Å². The molecule has 170 valence electrons. The van der Waals surface area contributed by atoms with Crippen molar-refractivity contribution >= 4 is 17.3 Å². The first-order valence-electron chi connectivity index (χ1n) is 10.6. The Bertz CT molecular complexity index is 1070. The van der Waals surface area contributed by atoms with Crippen LogP contribution in [0.2, 0.25) is 0 Å². The second kappa shape index (κ2) is 10.4. The molecule has 2 aromatic rings. The normalized spacial score (nSPS) is 11.0. The molecule has 0 atom stereocenters. The van der Waals surface area contributed by atoms with Crippen LogP contribution in [0.5, 0.6) is 0 Å². The Morgan fingerprint density at radius 1 is 1.23 bits per heavy atom. The molecule has 0 fully saturated rings. The van der Waals surface area contributed by atoms with Gasteiger partial charge in [-0.25, -0.2) is 4.79 Å². The Hall–Kier alpha value is -2.87. The Labute approximate surface area is 183 Å². The highest BCUT2D eigenvalue weighted by Gasteiger charge is 2.22. The molecular formula is C23H34N4O4. The van der Waals surface area contributed by atoms with Gasteiger partial charge in [-0.2, -0.15) is 0 Å². The number of methoxy groups -OCH3 is 1. The smallest absolute Gasteiger partial charge is 0.330 e. The molecule has 1 aromatic carbocycles. The number of nitrogens with zero attached hydrogens (tertiary/aromatic N) is 2. The highest BCUT2D eigenvalue weighted by Crippen LogP contribution is 2.27. The van der Waals surface area contributed by atoms with Crippen LogP contribution in [0.25, 0.3) is 0 Å². The highest BCUT2D eigenvalue weighted by atomic mass is 16.5. The number of rotatable bonds is 10. The first-order valence-corrected chi connectivity index (χ1v) is 10.6. The molecule has 0 bridgehead atoms. The zero-order chi connectivity index (χ0) is 23.3. The fraction of sp³-hybridized carbons (Fsp3) is 0.522. The third-order valence-electron chi connectivity index (χ3n) is 5.66. The number of carbonyl (C=O) groups is 1. The van der Waals surface area contributed by atoms with E-state index in [1.54, 1.807) is 14.0 Å². The SMILES string of the molecule is CCCCn1c(N)c(N(CCOC)Cc2c(C)cc(C)c(C(C)=O)c2C)c(=O)[nH]c1=O. The number of aromatic amines is 1. The molecule has 0 aliphatic rings. The second-order valence-electron chi connectivity index (χ2n) is 7.96. The van der Waals surface area contributed by atoms with Gasteiger partial charge in [0.05, 0.1) is 6.61 Å². The van der Waals surface area contributed by atoms with E-state index in [1.807, 2.05) is 38.7 Å². The van der Waals surface area contributed by atoms with Crippen molar-refractivity contribution < 1.29 is 9.53 Å². The summed E-state index contributed by atoms with van der Waals surface area (Å²) in [6.45, 7) is 11.0. The molecule has 1 aromatic heterocycles. The van der Waals surface area contributed by atoms with E-state index >= 15 is 0 Å². The molecule has 0 saturated heterocycles. The summed E-state index contributed by atoms with van der Waals surface area (Å²) >= 11 is 0. The number of nitrogens with two attached hydrogens (primary N) is 1. The maximum atomic E-state index is 12.8. The van der Waals surface area contributed by atoms with Crippen molar-refractivity contribution in [1.29, 1.82) is 0 Å². The predicted molar refractivity (Wildman–Crippen MR) is 124 cm³/mol. The molecular weight excluding hydrogens is 396 g/mol. The quantitative estimate of drug-likeness (QED) is 0.561. The number of aromatic nitrogens is 2. The lowest BCUT2D eigenvalue weighted by Gasteiger charge is -2.28. The molecule has 0 aliphatic carbocycles. The van der Waals surface area contributed by atoms with Gasteiger partial charge in [-0.15, -0.1) is 0 Å². The zero-order valence-electron chi connectivity index (χ0n) is 19.4. The lowest BCUT2D eigenvalue weighted by Crippen LogP contribution is -2.39. The van der Waals surface area contributed by atoms with Gasteiger partial charge in [-0.1, -0.05) is 19.4 Å². The van der Waals surface area contributed by atoms with Crippen LogP contribution in [0.1, 0.15) is 59.3 Å². The van der Waals surface area contributed by atoms with Gasteiger partial charge in [-0.3, -0.25) is 19.1 Å². The number of ketones is 1. The van der Waals surface area contributed by atoms with Gasteiger partial charge < -0.3 is 15.4 Å². The minimum Gasteiger partial charge on any atom is -0.383 e. The van der Waals surface area contributed by atoms with Crippen molar-refractivity contribution in [2.45, 2.75) is 60.5 Å². The Morgan fingerprint density at radius 2 is 1.90 bits per heavy atom. The minimum atomic E-state index is -0.527. The largest absolute Gasteiger partial charge is 0.383 e. The van der Waals surface area contributed by atoms with Gasteiger partial charge in [0.25, 0.3) is 5.56 Å². The molecule has 0 spiro atoms. The van der Waals surface area contributed by atoms with Crippen LogP contribution in [0.3, 0.4) is 0 Å². The minimum absolute atomic E-state index is 0.00479. The van der Waals surface area contributed by atoms with Crippen molar-refractivity contribution in [3.8, 4) is 0 Å². The molecule has 8 nitrogen and oxygen atoms in total. The number of aryl methyl sites for hydroxylation is 2. The van der Waals surface area contributed by atoms with Crippen LogP contribution in [0, 0.1) is 20.8 Å². The zero-order valence-corrected chi connectivity index (χ0v) is 19.4. The van der Waals surface area contributed by atoms with E-state index in [0.717, 1.165) is 35.1 Å². The molecule has 0 radical (unpaired) electrons. The van der Waals surface area contributed by atoms with Crippen molar-refractivity contribution in [2.75, 3.05) is 30.9 Å². The molecule has 0 aliphatic heterocycles. The van der Waals surface area contributed by atoms with Crippen LogP contribution in [0.15, 0.2) is 15.7 Å². The van der Waals surface area contributed by atoms with Gasteiger partial charge in [0.2, 0.25) is 0 Å². The summed E-state index contributed by atoms with van der Waals surface area (Å²) in [5.74, 6) is 0.151. The molecule has 0 unspecified atom stereocenters. The third-order valence-corrected chi connectivity index (χ3v) is 5.66. The van der Waals surface area contributed by atoms with Crippen molar-refractivity contribution in [2.24, 2.45) is 0 Å². The van der Waals surface area contributed by atoms with Crippen LogP contribution in [-0.4, -0.2) is 35.6 Å². The number of anilines is 2. The van der Waals surface area contributed by atoms with E-state index in [2.05, 4.69) is 4.98 Å². The molecule has 1 heterocycles. The van der Waals surface area contributed by atoms with Crippen molar-refractivity contribution in [3.05, 3.63) is 54.7 Å². The van der Waals surface area contributed by atoms with E-state index in [9.17, 15) is 14.4 Å². The molecule has 8 heteroatoms. The Morgan fingerprint density at radius 3 is 2.48 bits per heavy atom. The summed E-state index contributed by atoms with van der Waals surface area (Å²) in [7, 11) is 1.59. The summed E-state index contributed by atoms with van der Waals surface area (Å²) in [6, 6.07) is 1.99. The van der Waals surface area contributed by atoms with E-state index in [1.165, 1.54) is 4.57 Å². The van der Waals surface area contributed by atoms with Gasteiger partial charge in [0.15, 0.2) is 5.78 Å². The number of hydrogen-bond acceptors (Lipinski definition) is 6. The summed E-state index contributed by atoms with van der Waals surface area (Å²) in [6.07, 6.45) is 1.66. The number of benzene rings is 1. The number of ether oxygens (including phenoxy) is 1. The van der Waals surface area contributed by atoms with Gasteiger partial charge in [0.1, 0.15) is 11.5 Å². The monoisotopic (exact) mass is 430 g/mol. The van der Waals surface area contributed by atoms with Crippen molar-refractivity contribution in [1.82, 2.24) is 9.55 Å². The third kappa shape index (κ3) is 5.25. The summed E-state index contributed by atoms with van der Waals surface area (Å²) < 4.78 is 6.67. The molecule has 0 amide bonds. The van der Waals surface area contributed by atoms with Gasteiger partial charge in [-0.05, 0) is 56.4 Å². The van der Waals surface area contributed by atoms with E-state index in [-0.39, 0.29) is 17.3 Å². The number of Topliss-reactive ketones (excluding diaryl/α,β-unsaturated/α-hetero) is 1. The second-order valence-corrected chi connectivity index (χ2v) is 7.96. The maximum Gasteiger partial charge on any atom is 0.330 e. The number of carbonyl (C=O) groups excluding carboxylic acids is 1. The van der Waals surface area contributed by atoms with E-state index in [0.29, 0.717) is 31.8 Å². The maximum absolute atomic E-state index is 12.8. The average molecular weight is 431 g/mol. The number of unbranched alkanes of at least 4 members (excludes halogenated alkanes) is 1. The Balaban J connectivity index is 2.64. The fourth-order valence-corrected chi connectivity index (χ4v) is 4.09. The number of nitrogens with one attached hydrogen (secondary N) is 1. The summed E-state index contributed by atoms with van der Waals surface area (Å²) in [5, 5.41) is 0. The highest BCUT2D eigenvalue weighted by molar-refractivity contribution is 5.97. The van der Waals surface area contributed by atoms with Crippen LogP contribution in [0.4, 0.5) is 11.5 Å². The number of nitrogen functional groups attached to an aromatic ring is 1. The predicted octanol–water partition coefficient (Wildman–Crippen LogP) is 2.70. The summed E-state index contributed by atoms with van der Waals surface area (Å²) in [4.78, 5) is 41.6. The van der Waals surface area contributed by atoms with E-state index < -0.39 is 11.2 Å². The first kappa shape index (κ1) is 24.4. The lowest BCUT2D eigenvalue weighted by atomic mass is 9.91.